The SMILES string of the molecule is Cc1occc1CN(C)C(=NCC(=O)N(C)C)NCCCN(C)c1ccccc1.I. The number of aryl methyl sites for hydroxylation is 1. The lowest BCUT2D eigenvalue weighted by atomic mass is 10.2. The Morgan fingerprint density at radius 3 is 2.40 bits per heavy atom. The van der Waals surface area contributed by atoms with Crippen LogP contribution in [-0.4, -0.2) is 69.5 Å². The number of aliphatic imine (C=N–C) groups is 1. The van der Waals surface area contributed by atoms with Crippen molar-refractivity contribution in [3.05, 3.63) is 54.0 Å². The van der Waals surface area contributed by atoms with Crippen LogP contribution in [0.15, 0.2) is 52.1 Å². The Balaban J connectivity index is 0.00000450. The van der Waals surface area contributed by atoms with Crippen molar-refractivity contribution < 1.29 is 9.21 Å². The van der Waals surface area contributed by atoms with E-state index in [0.717, 1.165) is 30.8 Å². The number of nitrogens with one attached hydrogen (secondary N) is 1. The molecule has 0 bridgehead atoms. The number of likely N-dealkylation sites (N-methyl/N-ethyl adjacent to an activating group) is 1. The minimum atomic E-state index is -0.0268. The van der Waals surface area contributed by atoms with Crippen molar-refractivity contribution in [2.75, 3.05) is 52.7 Å². The van der Waals surface area contributed by atoms with Crippen molar-refractivity contribution in [2.45, 2.75) is 19.9 Å². The van der Waals surface area contributed by atoms with E-state index < -0.39 is 0 Å². The molecule has 0 spiro atoms. The summed E-state index contributed by atoms with van der Waals surface area (Å²) in [6.07, 6.45) is 2.64. The van der Waals surface area contributed by atoms with Crippen LogP contribution in [-0.2, 0) is 11.3 Å². The standard InChI is InChI=1S/C22H33N5O2.HI/c1-18-19(12-15-29-18)17-27(5)22(24-16-21(28)25(2)3)23-13-9-14-26(4)20-10-7-6-8-11-20;/h6-8,10-12,15H,9,13-14,16-17H2,1-5H3,(H,23,24);1H. The van der Waals surface area contributed by atoms with Gasteiger partial charge in [-0.2, -0.15) is 0 Å². The first-order valence-corrected chi connectivity index (χ1v) is 9.87. The van der Waals surface area contributed by atoms with Crippen LogP contribution in [0.1, 0.15) is 17.7 Å². The maximum absolute atomic E-state index is 12.0. The Hall–Kier alpha value is -2.23. The van der Waals surface area contributed by atoms with Crippen molar-refractivity contribution >= 4 is 41.5 Å². The van der Waals surface area contributed by atoms with Gasteiger partial charge in [0, 0.05) is 59.1 Å². The van der Waals surface area contributed by atoms with E-state index in [1.165, 1.54) is 5.69 Å². The van der Waals surface area contributed by atoms with E-state index in [1.807, 2.05) is 43.1 Å². The quantitative estimate of drug-likeness (QED) is 0.235. The summed E-state index contributed by atoms with van der Waals surface area (Å²) in [7, 11) is 7.54. The van der Waals surface area contributed by atoms with Gasteiger partial charge in [-0.25, -0.2) is 4.99 Å². The molecule has 0 radical (unpaired) electrons. The van der Waals surface area contributed by atoms with Crippen LogP contribution in [0.5, 0.6) is 0 Å². The van der Waals surface area contributed by atoms with Crippen LogP contribution in [0.2, 0.25) is 0 Å². The van der Waals surface area contributed by atoms with E-state index in [9.17, 15) is 4.79 Å². The van der Waals surface area contributed by atoms with E-state index in [-0.39, 0.29) is 36.4 Å². The first-order chi connectivity index (χ1) is 13.9. The second-order valence-electron chi connectivity index (χ2n) is 7.32. The summed E-state index contributed by atoms with van der Waals surface area (Å²) >= 11 is 0. The van der Waals surface area contributed by atoms with Crippen LogP contribution in [0, 0.1) is 6.92 Å². The number of halogens is 1. The Labute approximate surface area is 197 Å². The number of nitrogens with zero attached hydrogens (tertiary/aromatic N) is 4. The summed E-state index contributed by atoms with van der Waals surface area (Å²) in [5.74, 6) is 1.58. The van der Waals surface area contributed by atoms with Gasteiger partial charge < -0.3 is 24.4 Å². The van der Waals surface area contributed by atoms with Gasteiger partial charge >= 0.3 is 0 Å². The minimum absolute atomic E-state index is 0. The van der Waals surface area contributed by atoms with E-state index >= 15 is 0 Å². The molecular formula is C22H34IN5O2. The maximum atomic E-state index is 12.0. The van der Waals surface area contributed by atoms with Gasteiger partial charge in [0.2, 0.25) is 5.91 Å². The van der Waals surface area contributed by atoms with E-state index in [4.69, 9.17) is 4.42 Å². The number of guanidine groups is 1. The molecule has 0 saturated carbocycles. The van der Waals surface area contributed by atoms with Crippen LogP contribution >= 0.6 is 24.0 Å². The predicted octanol–water partition coefficient (Wildman–Crippen LogP) is 3.20. The molecule has 1 N–H and O–H groups in total. The molecule has 0 atom stereocenters. The second-order valence-corrected chi connectivity index (χ2v) is 7.32. The molecule has 1 aromatic carbocycles. The van der Waals surface area contributed by atoms with Crippen molar-refractivity contribution in [1.29, 1.82) is 0 Å². The highest BCUT2D eigenvalue weighted by atomic mass is 127. The van der Waals surface area contributed by atoms with Crippen molar-refractivity contribution in [2.24, 2.45) is 4.99 Å². The third kappa shape index (κ3) is 8.25. The molecular weight excluding hydrogens is 493 g/mol. The van der Waals surface area contributed by atoms with Gasteiger partial charge in [-0.15, -0.1) is 24.0 Å². The van der Waals surface area contributed by atoms with Gasteiger partial charge in [-0.1, -0.05) is 18.2 Å². The van der Waals surface area contributed by atoms with Gasteiger partial charge in [0.15, 0.2) is 5.96 Å². The topological polar surface area (TPSA) is 64.3 Å². The molecule has 7 nitrogen and oxygen atoms in total. The normalized spacial score (nSPS) is 10.9. The molecule has 1 aromatic heterocycles. The third-order valence-electron chi connectivity index (χ3n) is 4.75. The Bertz CT molecular complexity index is 792. The van der Waals surface area contributed by atoms with Crippen LogP contribution < -0.4 is 10.2 Å². The van der Waals surface area contributed by atoms with Gasteiger partial charge in [0.05, 0.1) is 6.26 Å². The van der Waals surface area contributed by atoms with E-state index in [0.29, 0.717) is 12.5 Å². The van der Waals surface area contributed by atoms with E-state index in [1.54, 1.807) is 25.3 Å². The molecule has 1 heterocycles. The number of amides is 1. The number of carbonyl (C=O) groups is 1. The predicted molar refractivity (Wildman–Crippen MR) is 134 cm³/mol. The van der Waals surface area contributed by atoms with Crippen LogP contribution in [0.3, 0.4) is 0 Å². The molecule has 0 aliphatic rings. The van der Waals surface area contributed by atoms with E-state index in [2.05, 4.69) is 34.4 Å². The molecule has 166 valence electrons. The number of furan rings is 1. The zero-order chi connectivity index (χ0) is 21.2. The van der Waals surface area contributed by atoms with Crippen molar-refractivity contribution in [1.82, 2.24) is 15.1 Å². The highest BCUT2D eigenvalue weighted by molar-refractivity contribution is 14.0. The summed E-state index contributed by atoms with van der Waals surface area (Å²) in [5.41, 5.74) is 2.30. The smallest absolute Gasteiger partial charge is 0.243 e. The number of anilines is 1. The molecule has 0 unspecified atom stereocenters. The second kappa shape index (κ2) is 13.1. The summed E-state index contributed by atoms with van der Waals surface area (Å²) in [4.78, 5) is 22.3. The zero-order valence-electron chi connectivity index (χ0n) is 18.6. The fraction of sp³-hybridized carbons (Fsp3) is 0.455. The van der Waals surface area contributed by atoms with Gasteiger partial charge in [0.25, 0.3) is 0 Å². The molecule has 0 aliphatic heterocycles. The minimum Gasteiger partial charge on any atom is -0.469 e. The van der Waals surface area contributed by atoms with Crippen molar-refractivity contribution in [3.63, 3.8) is 0 Å². The zero-order valence-corrected chi connectivity index (χ0v) is 20.9. The summed E-state index contributed by atoms with van der Waals surface area (Å²) in [6, 6.07) is 12.3. The largest absolute Gasteiger partial charge is 0.469 e. The molecule has 1 amide bonds. The number of para-hydroxylation sites is 1. The lowest BCUT2D eigenvalue weighted by molar-refractivity contribution is -0.127. The fourth-order valence-corrected chi connectivity index (χ4v) is 2.83. The average Bonchev–Trinajstić information content (AvgIpc) is 3.11. The molecule has 2 rings (SSSR count). The lowest BCUT2D eigenvalue weighted by Gasteiger charge is -2.24. The first kappa shape index (κ1) is 25.8. The molecule has 8 heteroatoms. The Morgan fingerprint density at radius 1 is 1.10 bits per heavy atom. The highest BCUT2D eigenvalue weighted by Crippen LogP contribution is 2.12. The van der Waals surface area contributed by atoms with Crippen LogP contribution in [0.4, 0.5) is 5.69 Å². The first-order valence-electron chi connectivity index (χ1n) is 9.87. The molecule has 0 aliphatic carbocycles. The number of benzene rings is 1. The van der Waals surface area contributed by atoms with Crippen LogP contribution in [0.25, 0.3) is 0 Å². The van der Waals surface area contributed by atoms with Crippen molar-refractivity contribution in [3.8, 4) is 0 Å². The Morgan fingerprint density at radius 2 is 1.80 bits per heavy atom. The number of hydrogen-bond acceptors (Lipinski definition) is 4. The third-order valence-corrected chi connectivity index (χ3v) is 4.75. The van der Waals surface area contributed by atoms with Gasteiger partial charge in [-0.05, 0) is 31.5 Å². The maximum Gasteiger partial charge on any atom is 0.243 e. The number of carbonyl (C=O) groups excluding carboxylic acids is 1. The fourth-order valence-electron chi connectivity index (χ4n) is 2.83. The monoisotopic (exact) mass is 527 g/mol. The summed E-state index contributed by atoms with van der Waals surface area (Å²) in [6.45, 7) is 4.41. The summed E-state index contributed by atoms with van der Waals surface area (Å²) < 4.78 is 5.39. The van der Waals surface area contributed by atoms with Gasteiger partial charge in [-0.3, -0.25) is 4.79 Å². The Kier molecular flexibility index (Phi) is 11.3. The average molecular weight is 527 g/mol. The van der Waals surface area contributed by atoms with Gasteiger partial charge in [0.1, 0.15) is 12.3 Å². The highest BCUT2D eigenvalue weighted by Gasteiger charge is 2.12. The summed E-state index contributed by atoms with van der Waals surface area (Å²) in [5, 5.41) is 3.40. The molecule has 2 aromatic rings. The molecule has 0 fully saturated rings. The molecule has 0 saturated heterocycles. The lowest BCUT2D eigenvalue weighted by Crippen LogP contribution is -2.40. The molecule has 30 heavy (non-hydrogen) atoms. The number of hydrogen-bond donors (Lipinski definition) is 1. The number of rotatable bonds is 9.